The third-order valence-electron chi connectivity index (χ3n) is 2.54. The van der Waals surface area contributed by atoms with Gasteiger partial charge in [0.2, 0.25) is 5.91 Å². The molecule has 17 heavy (non-hydrogen) atoms. The second-order valence-electron chi connectivity index (χ2n) is 3.65. The van der Waals surface area contributed by atoms with Gasteiger partial charge in [0.05, 0.1) is 6.61 Å². The number of rotatable bonds is 3. The summed E-state index contributed by atoms with van der Waals surface area (Å²) in [5, 5.41) is 49.0. The Morgan fingerprint density at radius 1 is 1.47 bits per heavy atom. The van der Waals surface area contributed by atoms with Crippen LogP contribution < -0.4 is 5.32 Å². The van der Waals surface area contributed by atoms with Crippen LogP contribution in [-0.4, -0.2) is 68.4 Å². The first-order valence-electron chi connectivity index (χ1n) is 4.84. The van der Waals surface area contributed by atoms with Crippen molar-refractivity contribution in [2.45, 2.75) is 30.3 Å². The van der Waals surface area contributed by atoms with Gasteiger partial charge >= 0.3 is 0 Å². The molecule has 0 aliphatic carbocycles. The van der Waals surface area contributed by atoms with E-state index in [1.54, 1.807) is 0 Å². The molecule has 0 spiro atoms. The van der Waals surface area contributed by atoms with Crippen molar-refractivity contribution in [1.82, 2.24) is 5.32 Å². The molecular formula is C9H15NO7. The van der Waals surface area contributed by atoms with Gasteiger partial charge in [-0.1, -0.05) is 6.58 Å². The summed E-state index contributed by atoms with van der Waals surface area (Å²) in [6.45, 7) is 2.36. The van der Waals surface area contributed by atoms with E-state index >= 15 is 0 Å². The Morgan fingerprint density at radius 2 is 2.06 bits per heavy atom. The molecule has 0 aromatic heterocycles. The number of aliphatic hydroxyl groups excluding tert-OH is 4. The summed E-state index contributed by atoms with van der Waals surface area (Å²) in [5.74, 6) is -0.836. The molecule has 0 bridgehead atoms. The minimum atomic E-state index is -2.42. The molecule has 1 aliphatic rings. The van der Waals surface area contributed by atoms with Gasteiger partial charge in [0.1, 0.15) is 18.3 Å². The number of amides is 1. The molecule has 8 nitrogen and oxygen atoms in total. The molecular weight excluding hydrogens is 234 g/mol. The normalized spacial score (nSPS) is 41.9. The molecule has 8 heteroatoms. The van der Waals surface area contributed by atoms with Crippen molar-refractivity contribution in [3.05, 3.63) is 12.7 Å². The molecule has 1 saturated heterocycles. The van der Waals surface area contributed by atoms with Gasteiger partial charge in [-0.3, -0.25) is 4.79 Å². The molecule has 1 fully saturated rings. The van der Waals surface area contributed by atoms with E-state index in [0.717, 1.165) is 6.08 Å². The third-order valence-corrected chi connectivity index (χ3v) is 2.54. The second-order valence-corrected chi connectivity index (χ2v) is 3.65. The Bertz CT molecular complexity index is 306. The molecule has 1 rings (SSSR count). The molecule has 5 atom stereocenters. The minimum Gasteiger partial charge on any atom is -0.393 e. The predicted molar refractivity (Wildman–Crippen MR) is 53.3 cm³/mol. The maximum Gasteiger partial charge on any atom is 0.245 e. The number of carbonyl (C=O) groups excluding carboxylic acids is 1. The number of hydrogen-bond acceptors (Lipinski definition) is 7. The van der Waals surface area contributed by atoms with E-state index in [0.29, 0.717) is 0 Å². The molecule has 1 aliphatic heterocycles. The Kier molecular flexibility index (Phi) is 4.20. The number of aliphatic hydroxyl groups is 5. The highest BCUT2D eigenvalue weighted by Gasteiger charge is 2.55. The predicted octanol–water partition coefficient (Wildman–Crippen LogP) is -3.59. The van der Waals surface area contributed by atoms with Crippen LogP contribution >= 0.6 is 0 Å². The zero-order chi connectivity index (χ0) is 13.2. The Balaban J connectivity index is 2.97. The van der Waals surface area contributed by atoms with Gasteiger partial charge in [-0.2, -0.15) is 0 Å². The lowest BCUT2D eigenvalue weighted by atomic mass is 9.92. The summed E-state index contributed by atoms with van der Waals surface area (Å²) in [6.07, 6.45) is -6.18. The summed E-state index contributed by atoms with van der Waals surface area (Å²) in [7, 11) is 0. The van der Waals surface area contributed by atoms with Crippen molar-refractivity contribution in [2.24, 2.45) is 0 Å². The molecule has 0 aromatic rings. The topological polar surface area (TPSA) is 139 Å². The van der Waals surface area contributed by atoms with Crippen LogP contribution in [0.4, 0.5) is 0 Å². The zero-order valence-electron chi connectivity index (χ0n) is 8.85. The molecule has 0 unspecified atom stereocenters. The average molecular weight is 249 g/mol. The molecule has 0 saturated carbocycles. The first-order valence-corrected chi connectivity index (χ1v) is 4.84. The van der Waals surface area contributed by atoms with Crippen molar-refractivity contribution in [1.29, 1.82) is 0 Å². The monoisotopic (exact) mass is 249 g/mol. The SMILES string of the molecule is C=CC(=O)N[C@]1(O)[C@H](O)[C@H](O)[C@@H](O)O[C@@H]1CO. The lowest BCUT2D eigenvalue weighted by Crippen LogP contribution is -2.73. The lowest BCUT2D eigenvalue weighted by Gasteiger charge is -2.46. The number of ether oxygens (including phenoxy) is 1. The lowest BCUT2D eigenvalue weighted by molar-refractivity contribution is -0.326. The highest BCUT2D eigenvalue weighted by molar-refractivity contribution is 5.87. The Morgan fingerprint density at radius 3 is 2.53 bits per heavy atom. The fraction of sp³-hybridized carbons (Fsp3) is 0.667. The van der Waals surface area contributed by atoms with E-state index in [2.05, 4.69) is 11.3 Å². The number of nitrogens with one attached hydrogen (secondary N) is 1. The highest BCUT2D eigenvalue weighted by atomic mass is 16.6. The van der Waals surface area contributed by atoms with Crippen LogP contribution in [-0.2, 0) is 9.53 Å². The van der Waals surface area contributed by atoms with Crippen LogP contribution in [0.25, 0.3) is 0 Å². The van der Waals surface area contributed by atoms with Gasteiger partial charge in [-0.25, -0.2) is 0 Å². The summed E-state index contributed by atoms with van der Waals surface area (Å²) in [4.78, 5) is 11.1. The van der Waals surface area contributed by atoms with Crippen LogP contribution in [0.15, 0.2) is 12.7 Å². The smallest absolute Gasteiger partial charge is 0.245 e. The fourth-order valence-electron chi connectivity index (χ4n) is 1.54. The summed E-state index contributed by atoms with van der Waals surface area (Å²) in [6, 6.07) is 0. The molecule has 1 amide bonds. The summed E-state index contributed by atoms with van der Waals surface area (Å²) in [5.41, 5.74) is -2.42. The van der Waals surface area contributed by atoms with E-state index in [1.807, 2.05) is 5.32 Å². The fourth-order valence-corrected chi connectivity index (χ4v) is 1.54. The van der Waals surface area contributed by atoms with E-state index in [-0.39, 0.29) is 0 Å². The molecule has 0 aromatic carbocycles. The minimum absolute atomic E-state index is 0.783. The van der Waals surface area contributed by atoms with Gasteiger partial charge in [-0.05, 0) is 6.08 Å². The Labute approximate surface area is 96.8 Å². The van der Waals surface area contributed by atoms with E-state index in [1.165, 1.54) is 0 Å². The summed E-state index contributed by atoms with van der Waals surface area (Å²) >= 11 is 0. The van der Waals surface area contributed by atoms with Crippen molar-refractivity contribution < 1.29 is 35.1 Å². The number of hydrogen-bond donors (Lipinski definition) is 6. The van der Waals surface area contributed by atoms with Gasteiger partial charge in [0.25, 0.3) is 0 Å². The molecule has 0 radical (unpaired) electrons. The van der Waals surface area contributed by atoms with Crippen LogP contribution in [0, 0.1) is 0 Å². The Hall–Kier alpha value is -1.03. The van der Waals surface area contributed by atoms with E-state index in [4.69, 9.17) is 5.11 Å². The van der Waals surface area contributed by atoms with Crippen molar-refractivity contribution in [3.8, 4) is 0 Å². The maximum atomic E-state index is 11.1. The van der Waals surface area contributed by atoms with E-state index < -0.39 is 42.8 Å². The van der Waals surface area contributed by atoms with Crippen molar-refractivity contribution in [2.75, 3.05) is 6.61 Å². The maximum absolute atomic E-state index is 11.1. The molecule has 98 valence electrons. The number of carbonyl (C=O) groups is 1. The van der Waals surface area contributed by atoms with Crippen LogP contribution in [0.5, 0.6) is 0 Å². The average Bonchev–Trinajstić information content (AvgIpc) is 2.31. The highest BCUT2D eigenvalue weighted by Crippen LogP contribution is 2.27. The third kappa shape index (κ3) is 2.46. The molecule has 1 heterocycles. The first-order chi connectivity index (χ1) is 7.86. The van der Waals surface area contributed by atoms with Crippen LogP contribution in [0.1, 0.15) is 0 Å². The van der Waals surface area contributed by atoms with Gasteiger partial charge in [0, 0.05) is 0 Å². The van der Waals surface area contributed by atoms with E-state index in [9.17, 15) is 25.2 Å². The van der Waals surface area contributed by atoms with Gasteiger partial charge in [0.15, 0.2) is 12.0 Å². The quantitative estimate of drug-likeness (QED) is 0.224. The zero-order valence-corrected chi connectivity index (χ0v) is 8.85. The second kappa shape index (κ2) is 5.08. The largest absolute Gasteiger partial charge is 0.393 e. The van der Waals surface area contributed by atoms with Crippen molar-refractivity contribution >= 4 is 5.91 Å². The van der Waals surface area contributed by atoms with Crippen LogP contribution in [0.2, 0.25) is 0 Å². The standard InChI is InChI=1S/C9H15NO7/c1-2-5(12)10-9(16)4(3-11)17-8(15)6(13)7(9)14/h2,4,6-8,11,13-16H,1,3H2,(H,10,12)/t4-,6+,7-,8+,9-/m1/s1. The van der Waals surface area contributed by atoms with Crippen LogP contribution in [0.3, 0.4) is 0 Å². The molecule has 6 N–H and O–H groups in total. The van der Waals surface area contributed by atoms with Crippen molar-refractivity contribution in [3.63, 3.8) is 0 Å². The first kappa shape index (κ1) is 14.0. The summed E-state index contributed by atoms with van der Waals surface area (Å²) < 4.78 is 4.68. The van der Waals surface area contributed by atoms with Gasteiger partial charge < -0.3 is 35.6 Å². The van der Waals surface area contributed by atoms with Gasteiger partial charge in [-0.15, -0.1) is 0 Å².